The third-order valence-corrected chi connectivity index (χ3v) is 5.34. The van der Waals surface area contributed by atoms with Crippen LogP contribution < -0.4 is 10.6 Å². The van der Waals surface area contributed by atoms with Crippen molar-refractivity contribution < 1.29 is 14.6 Å². The number of aromatic nitrogens is 2. The number of hydrogen-bond acceptors (Lipinski definition) is 5. The maximum atomic E-state index is 10.8. The molecule has 1 aliphatic rings. The average molecular weight is 430 g/mol. The van der Waals surface area contributed by atoms with Crippen molar-refractivity contribution in [3.8, 4) is 0 Å². The number of aryl methyl sites for hydroxylation is 1. The molecule has 1 saturated heterocycles. The number of nitrogens with one attached hydrogen (secondary N) is 2. The maximum absolute atomic E-state index is 10.8. The van der Waals surface area contributed by atoms with Crippen molar-refractivity contribution in [2.45, 2.75) is 51.5 Å². The molecule has 0 amide bonds. The normalized spacial score (nSPS) is 17.4. The molecule has 0 saturated carbocycles. The third-order valence-electron chi connectivity index (χ3n) is 5.34. The first-order valence-electron chi connectivity index (χ1n) is 11.0. The number of rotatable bonds is 9. The highest BCUT2D eigenvalue weighted by atomic mass is 16.5. The fraction of sp³-hybridized carbons (Fsp3) is 0.565. The van der Waals surface area contributed by atoms with E-state index in [2.05, 4.69) is 38.9 Å². The second-order valence-electron chi connectivity index (χ2n) is 8.17. The first kappa shape index (κ1) is 23.2. The lowest BCUT2D eigenvalue weighted by Gasteiger charge is -2.23. The molecule has 170 valence electrons. The molecular weight excluding hydrogens is 394 g/mol. The zero-order valence-corrected chi connectivity index (χ0v) is 18.8. The van der Waals surface area contributed by atoms with Crippen molar-refractivity contribution in [3.05, 3.63) is 53.3 Å². The Morgan fingerprint density at radius 2 is 2.10 bits per heavy atom. The van der Waals surface area contributed by atoms with Crippen molar-refractivity contribution in [1.82, 2.24) is 20.4 Å². The Kier molecular flexibility index (Phi) is 8.45. The van der Waals surface area contributed by atoms with Gasteiger partial charge in [0.05, 0.1) is 32.0 Å². The molecule has 8 heteroatoms. The van der Waals surface area contributed by atoms with Crippen LogP contribution in [0.3, 0.4) is 0 Å². The molecule has 0 spiro atoms. The average Bonchev–Trinajstić information content (AvgIpc) is 3.23. The number of ether oxygens (including phenoxy) is 2. The van der Waals surface area contributed by atoms with Crippen LogP contribution in [0.4, 0.5) is 0 Å². The van der Waals surface area contributed by atoms with Gasteiger partial charge in [0.15, 0.2) is 5.96 Å². The molecule has 1 aromatic carbocycles. The van der Waals surface area contributed by atoms with E-state index in [1.165, 1.54) is 0 Å². The summed E-state index contributed by atoms with van der Waals surface area (Å²) in [5.74, 6) is 0.663. The highest BCUT2D eigenvalue weighted by Crippen LogP contribution is 2.18. The monoisotopic (exact) mass is 429 g/mol. The van der Waals surface area contributed by atoms with E-state index in [1.54, 1.807) is 17.8 Å². The molecule has 1 aromatic heterocycles. The number of aliphatic imine (C=N–C) groups is 1. The fourth-order valence-electron chi connectivity index (χ4n) is 3.44. The molecule has 1 unspecified atom stereocenters. The predicted octanol–water partition coefficient (Wildman–Crippen LogP) is 2.08. The predicted molar refractivity (Wildman–Crippen MR) is 121 cm³/mol. The number of hydrogen-bond donors (Lipinski definition) is 3. The first-order valence-corrected chi connectivity index (χ1v) is 11.0. The topological polar surface area (TPSA) is 92.9 Å². The van der Waals surface area contributed by atoms with Crippen LogP contribution in [0, 0.1) is 0 Å². The van der Waals surface area contributed by atoms with Crippen LogP contribution in [0.15, 0.2) is 41.7 Å². The van der Waals surface area contributed by atoms with Gasteiger partial charge in [-0.15, -0.1) is 0 Å². The van der Waals surface area contributed by atoms with Crippen molar-refractivity contribution in [1.29, 1.82) is 0 Å². The van der Waals surface area contributed by atoms with Crippen molar-refractivity contribution in [2.24, 2.45) is 12.0 Å². The molecule has 8 nitrogen and oxygen atoms in total. The number of aliphatic hydroxyl groups is 1. The molecule has 0 bridgehead atoms. The van der Waals surface area contributed by atoms with Gasteiger partial charge in [-0.1, -0.05) is 24.3 Å². The third kappa shape index (κ3) is 7.34. The van der Waals surface area contributed by atoms with E-state index in [0.29, 0.717) is 25.7 Å². The minimum absolute atomic E-state index is 0.285. The lowest BCUT2D eigenvalue weighted by atomic mass is 10.00. The SMILES string of the molecule is CCNC(=NCc1cccc(COC2CCOCC2)c1)NCC(C)(O)c1cnn(C)c1. The maximum Gasteiger partial charge on any atom is 0.191 e. The van der Waals surface area contributed by atoms with E-state index in [4.69, 9.17) is 9.47 Å². The van der Waals surface area contributed by atoms with Gasteiger partial charge in [-0.2, -0.15) is 5.10 Å². The number of benzene rings is 1. The molecule has 2 aromatic rings. The van der Waals surface area contributed by atoms with Crippen molar-refractivity contribution in [2.75, 3.05) is 26.3 Å². The van der Waals surface area contributed by atoms with Gasteiger partial charge in [0.25, 0.3) is 0 Å². The summed E-state index contributed by atoms with van der Waals surface area (Å²) in [5.41, 5.74) is 1.97. The summed E-state index contributed by atoms with van der Waals surface area (Å²) in [4.78, 5) is 4.68. The summed E-state index contributed by atoms with van der Waals surface area (Å²) in [5, 5.41) is 21.4. The lowest BCUT2D eigenvalue weighted by molar-refractivity contribution is -0.0390. The zero-order chi connectivity index (χ0) is 22.1. The Morgan fingerprint density at radius 3 is 2.81 bits per heavy atom. The van der Waals surface area contributed by atoms with E-state index in [1.807, 2.05) is 26.2 Å². The Labute approximate surface area is 184 Å². The standard InChI is InChI=1S/C23H35N5O3/c1-4-24-22(26-17-23(2,29)20-14-27-28(3)15-20)25-13-18-6-5-7-19(12-18)16-31-21-8-10-30-11-9-21/h5-7,12,14-15,21,29H,4,8-11,13,16-17H2,1-3H3,(H2,24,25,26). The highest BCUT2D eigenvalue weighted by Gasteiger charge is 2.25. The molecule has 1 aliphatic heterocycles. The Hall–Kier alpha value is -2.42. The summed E-state index contributed by atoms with van der Waals surface area (Å²) < 4.78 is 13.1. The van der Waals surface area contributed by atoms with Crippen LogP contribution in [0.25, 0.3) is 0 Å². The van der Waals surface area contributed by atoms with Gasteiger partial charge in [0.2, 0.25) is 0 Å². The number of guanidine groups is 1. The summed E-state index contributed by atoms with van der Waals surface area (Å²) in [6, 6.07) is 8.33. The molecule has 0 aliphatic carbocycles. The second kappa shape index (κ2) is 11.3. The molecule has 31 heavy (non-hydrogen) atoms. The van der Waals surface area contributed by atoms with E-state index in [-0.39, 0.29) is 6.10 Å². The van der Waals surface area contributed by atoms with Gasteiger partial charge >= 0.3 is 0 Å². The highest BCUT2D eigenvalue weighted by molar-refractivity contribution is 5.79. The van der Waals surface area contributed by atoms with E-state index in [9.17, 15) is 5.11 Å². The summed E-state index contributed by atoms with van der Waals surface area (Å²) in [6.07, 6.45) is 5.71. The zero-order valence-electron chi connectivity index (χ0n) is 18.8. The molecule has 3 rings (SSSR count). The summed E-state index contributed by atoms with van der Waals surface area (Å²) in [7, 11) is 1.83. The molecule has 2 heterocycles. The van der Waals surface area contributed by atoms with Crippen molar-refractivity contribution >= 4 is 5.96 Å². The quantitative estimate of drug-likeness (QED) is 0.418. The smallest absolute Gasteiger partial charge is 0.191 e. The minimum Gasteiger partial charge on any atom is -0.383 e. The van der Waals surface area contributed by atoms with Crippen LogP contribution in [0.2, 0.25) is 0 Å². The molecule has 0 radical (unpaired) electrons. The van der Waals surface area contributed by atoms with Crippen LogP contribution >= 0.6 is 0 Å². The van der Waals surface area contributed by atoms with Crippen LogP contribution in [0.1, 0.15) is 43.4 Å². The second-order valence-corrected chi connectivity index (χ2v) is 8.17. The van der Waals surface area contributed by atoms with Crippen LogP contribution in [-0.4, -0.2) is 53.3 Å². The van der Waals surface area contributed by atoms with E-state index >= 15 is 0 Å². The largest absolute Gasteiger partial charge is 0.383 e. The minimum atomic E-state index is -1.05. The lowest BCUT2D eigenvalue weighted by Crippen LogP contribution is -2.44. The van der Waals surface area contributed by atoms with Gasteiger partial charge < -0.3 is 25.2 Å². The van der Waals surface area contributed by atoms with Crippen molar-refractivity contribution in [3.63, 3.8) is 0 Å². The van der Waals surface area contributed by atoms with E-state index in [0.717, 1.165) is 49.3 Å². The van der Waals surface area contributed by atoms with E-state index < -0.39 is 5.60 Å². The molecule has 1 atom stereocenters. The Bertz CT molecular complexity index is 843. The fourth-order valence-corrected chi connectivity index (χ4v) is 3.44. The molecule has 1 fully saturated rings. The van der Waals surface area contributed by atoms with Gasteiger partial charge in [-0.05, 0) is 37.8 Å². The molecule has 3 N–H and O–H groups in total. The van der Waals surface area contributed by atoms with Crippen LogP contribution in [0.5, 0.6) is 0 Å². The molecular formula is C23H35N5O3. The van der Waals surface area contributed by atoms with Crippen LogP contribution in [-0.2, 0) is 35.3 Å². The van der Waals surface area contributed by atoms with Gasteiger partial charge in [0.1, 0.15) is 5.60 Å². The first-order chi connectivity index (χ1) is 15.0. The summed E-state index contributed by atoms with van der Waals surface area (Å²) >= 11 is 0. The Balaban J connectivity index is 1.55. The van der Waals surface area contributed by atoms with Gasteiger partial charge in [-0.25, -0.2) is 4.99 Å². The number of nitrogens with zero attached hydrogens (tertiary/aromatic N) is 3. The van der Waals surface area contributed by atoms with Gasteiger partial charge in [-0.3, -0.25) is 4.68 Å². The van der Waals surface area contributed by atoms with Gasteiger partial charge in [0, 0.05) is 38.6 Å². The summed E-state index contributed by atoms with van der Waals surface area (Å²) in [6.45, 7) is 7.56. The Morgan fingerprint density at radius 1 is 1.32 bits per heavy atom.